The summed E-state index contributed by atoms with van der Waals surface area (Å²) in [6, 6.07) is 16.1. The summed E-state index contributed by atoms with van der Waals surface area (Å²) in [4.78, 5) is 12.4. The molecule has 1 fully saturated rings. The fraction of sp³-hybridized carbons (Fsp3) is 0.208. The molecule has 0 unspecified atom stereocenters. The van der Waals surface area contributed by atoms with Crippen molar-refractivity contribution in [2.45, 2.75) is 18.9 Å². The molecule has 2 aromatic heterocycles. The first-order valence-electron chi connectivity index (χ1n) is 10.1. The maximum Gasteiger partial charge on any atom is 0.233 e. The van der Waals surface area contributed by atoms with Gasteiger partial charge in [0.2, 0.25) is 5.88 Å². The van der Waals surface area contributed by atoms with E-state index in [1.807, 2.05) is 42.6 Å². The summed E-state index contributed by atoms with van der Waals surface area (Å²) in [5.74, 6) is 0.543. The number of H-pyrrole nitrogens is 1. The van der Waals surface area contributed by atoms with Gasteiger partial charge in [-0.25, -0.2) is 4.98 Å². The van der Waals surface area contributed by atoms with E-state index in [0.29, 0.717) is 11.4 Å². The maximum atomic E-state index is 9.46. The second-order valence-corrected chi connectivity index (χ2v) is 7.45. The van der Waals surface area contributed by atoms with Crippen LogP contribution in [-0.2, 0) is 0 Å². The van der Waals surface area contributed by atoms with Gasteiger partial charge in [-0.2, -0.15) is 5.26 Å². The van der Waals surface area contributed by atoms with E-state index in [4.69, 9.17) is 9.72 Å². The van der Waals surface area contributed by atoms with Crippen LogP contribution in [0.2, 0.25) is 0 Å². The van der Waals surface area contributed by atoms with Gasteiger partial charge in [-0.05, 0) is 48.7 Å². The lowest BCUT2D eigenvalue weighted by molar-refractivity contribution is 0.160. The van der Waals surface area contributed by atoms with Crippen molar-refractivity contribution in [1.82, 2.24) is 20.3 Å². The Morgan fingerprint density at radius 1 is 1.10 bits per heavy atom. The monoisotopic (exact) mass is 395 g/mol. The molecule has 2 aromatic carbocycles. The smallest absolute Gasteiger partial charge is 0.233 e. The Bertz CT molecular complexity index is 1230. The molecule has 0 spiro atoms. The van der Waals surface area contributed by atoms with Crippen LogP contribution in [0, 0.1) is 11.3 Å². The largest absolute Gasteiger partial charge is 0.472 e. The molecule has 0 amide bonds. The number of ether oxygens (including phenoxy) is 1. The number of aromatic nitrogens is 3. The molecule has 4 aromatic rings. The molecule has 0 aliphatic carbocycles. The highest BCUT2D eigenvalue weighted by molar-refractivity contribution is 5.97. The van der Waals surface area contributed by atoms with Gasteiger partial charge in [0.15, 0.2) is 0 Å². The van der Waals surface area contributed by atoms with Crippen LogP contribution in [0.5, 0.6) is 5.88 Å². The Morgan fingerprint density at radius 3 is 2.90 bits per heavy atom. The predicted octanol–water partition coefficient (Wildman–Crippen LogP) is 4.29. The summed E-state index contributed by atoms with van der Waals surface area (Å²) >= 11 is 0. The first-order chi connectivity index (χ1) is 14.8. The number of nitrogens with zero attached hydrogens (tertiary/aromatic N) is 3. The summed E-state index contributed by atoms with van der Waals surface area (Å²) < 4.78 is 6.05. The Morgan fingerprint density at radius 2 is 2.03 bits per heavy atom. The SMILES string of the molecule is N#Cc1ccccc1-c1ccc2[nH]cc(-c3cncc(O[C@@H]4CCCNC4)n3)c2c1. The Hall–Kier alpha value is -3.69. The van der Waals surface area contributed by atoms with Crippen LogP contribution < -0.4 is 10.1 Å². The molecule has 0 bridgehead atoms. The number of rotatable bonds is 4. The second-order valence-electron chi connectivity index (χ2n) is 7.45. The molecule has 6 nitrogen and oxygen atoms in total. The number of nitriles is 1. The van der Waals surface area contributed by atoms with E-state index in [1.54, 1.807) is 12.4 Å². The van der Waals surface area contributed by atoms with Crippen molar-refractivity contribution in [3.8, 4) is 34.3 Å². The number of fused-ring (bicyclic) bond motifs is 1. The maximum absolute atomic E-state index is 9.46. The number of hydrogen-bond acceptors (Lipinski definition) is 5. The van der Waals surface area contributed by atoms with E-state index in [9.17, 15) is 5.26 Å². The number of nitrogens with one attached hydrogen (secondary N) is 2. The van der Waals surface area contributed by atoms with Gasteiger partial charge in [0.25, 0.3) is 0 Å². The van der Waals surface area contributed by atoms with Crippen LogP contribution in [0.1, 0.15) is 18.4 Å². The molecule has 3 heterocycles. The normalized spacial score (nSPS) is 16.3. The van der Waals surface area contributed by atoms with Gasteiger partial charge in [-0.3, -0.25) is 4.98 Å². The topological polar surface area (TPSA) is 86.6 Å². The van der Waals surface area contributed by atoms with Crippen LogP contribution in [-0.4, -0.2) is 34.1 Å². The average Bonchev–Trinajstić information content (AvgIpc) is 3.23. The molecule has 1 atom stereocenters. The van der Waals surface area contributed by atoms with Crippen LogP contribution >= 0.6 is 0 Å². The lowest BCUT2D eigenvalue weighted by Gasteiger charge is -2.23. The van der Waals surface area contributed by atoms with E-state index in [-0.39, 0.29) is 6.10 Å². The Kier molecular flexibility index (Phi) is 4.88. The number of benzene rings is 2. The number of piperidine rings is 1. The van der Waals surface area contributed by atoms with Crippen LogP contribution in [0.25, 0.3) is 33.3 Å². The van der Waals surface area contributed by atoms with Gasteiger partial charge in [0.1, 0.15) is 6.10 Å². The van der Waals surface area contributed by atoms with Crippen LogP contribution in [0.4, 0.5) is 0 Å². The van der Waals surface area contributed by atoms with Gasteiger partial charge >= 0.3 is 0 Å². The Labute approximate surface area is 174 Å². The van der Waals surface area contributed by atoms with Crippen molar-refractivity contribution in [3.05, 3.63) is 66.6 Å². The second kappa shape index (κ2) is 7.97. The molecule has 6 heteroatoms. The zero-order chi connectivity index (χ0) is 20.3. The molecular formula is C24H21N5O. The minimum atomic E-state index is 0.125. The van der Waals surface area contributed by atoms with Crippen molar-refractivity contribution >= 4 is 10.9 Å². The standard InChI is InChI=1S/C24H21N5O/c25-11-17-4-1-2-6-19(17)16-7-8-22-20(10-16)21(13-28-22)23-14-27-15-24(29-23)30-18-5-3-9-26-12-18/h1-2,4,6-8,10,13-15,18,26,28H,3,5,9,12H2/t18-/m1/s1. The molecule has 30 heavy (non-hydrogen) atoms. The van der Waals surface area contributed by atoms with Crippen LogP contribution in [0.3, 0.4) is 0 Å². The van der Waals surface area contributed by atoms with Crippen molar-refractivity contribution in [2.24, 2.45) is 0 Å². The Balaban J connectivity index is 1.52. The highest BCUT2D eigenvalue weighted by Gasteiger charge is 2.16. The summed E-state index contributed by atoms with van der Waals surface area (Å²) in [6.07, 6.45) is 7.62. The van der Waals surface area contributed by atoms with Gasteiger partial charge in [-0.15, -0.1) is 0 Å². The molecular weight excluding hydrogens is 374 g/mol. The third-order valence-corrected chi connectivity index (χ3v) is 5.47. The number of aromatic amines is 1. The fourth-order valence-corrected chi connectivity index (χ4v) is 3.96. The predicted molar refractivity (Wildman–Crippen MR) is 116 cm³/mol. The first kappa shape index (κ1) is 18.3. The zero-order valence-corrected chi connectivity index (χ0v) is 16.4. The highest BCUT2D eigenvalue weighted by Crippen LogP contribution is 2.32. The van der Waals surface area contributed by atoms with Gasteiger partial charge in [-0.1, -0.05) is 24.3 Å². The molecule has 148 valence electrons. The van der Waals surface area contributed by atoms with Crippen molar-refractivity contribution in [1.29, 1.82) is 5.26 Å². The minimum absolute atomic E-state index is 0.125. The molecule has 2 N–H and O–H groups in total. The molecule has 1 aliphatic rings. The summed E-state index contributed by atoms with van der Waals surface area (Å²) in [7, 11) is 0. The van der Waals surface area contributed by atoms with Crippen molar-refractivity contribution in [3.63, 3.8) is 0 Å². The summed E-state index contributed by atoms with van der Waals surface area (Å²) in [5, 5.41) is 13.8. The van der Waals surface area contributed by atoms with Crippen LogP contribution in [0.15, 0.2) is 61.1 Å². The molecule has 5 rings (SSSR count). The summed E-state index contributed by atoms with van der Waals surface area (Å²) in [5.41, 5.74) is 5.29. The van der Waals surface area contributed by atoms with Crippen molar-refractivity contribution in [2.75, 3.05) is 13.1 Å². The lowest BCUT2D eigenvalue weighted by Crippen LogP contribution is -2.37. The van der Waals surface area contributed by atoms with E-state index in [1.165, 1.54) is 0 Å². The van der Waals surface area contributed by atoms with E-state index >= 15 is 0 Å². The third-order valence-electron chi connectivity index (χ3n) is 5.47. The number of hydrogen-bond donors (Lipinski definition) is 2. The quantitative estimate of drug-likeness (QED) is 0.538. The van der Waals surface area contributed by atoms with E-state index in [0.717, 1.165) is 59.2 Å². The molecule has 1 aliphatic heterocycles. The van der Waals surface area contributed by atoms with Crippen molar-refractivity contribution < 1.29 is 4.74 Å². The molecule has 0 radical (unpaired) electrons. The molecule has 0 saturated carbocycles. The molecule has 1 saturated heterocycles. The third kappa shape index (κ3) is 3.51. The minimum Gasteiger partial charge on any atom is -0.472 e. The van der Waals surface area contributed by atoms with Gasteiger partial charge < -0.3 is 15.0 Å². The zero-order valence-electron chi connectivity index (χ0n) is 16.4. The van der Waals surface area contributed by atoms with Gasteiger partial charge in [0.05, 0.1) is 29.7 Å². The fourth-order valence-electron chi connectivity index (χ4n) is 3.96. The van der Waals surface area contributed by atoms with E-state index in [2.05, 4.69) is 27.4 Å². The lowest BCUT2D eigenvalue weighted by atomic mass is 9.98. The first-order valence-corrected chi connectivity index (χ1v) is 10.1. The van der Waals surface area contributed by atoms with Gasteiger partial charge in [0, 0.05) is 29.2 Å². The summed E-state index contributed by atoms with van der Waals surface area (Å²) in [6.45, 7) is 1.87. The average molecular weight is 395 g/mol. The van der Waals surface area contributed by atoms with E-state index < -0.39 is 0 Å². The highest BCUT2D eigenvalue weighted by atomic mass is 16.5.